The molecule has 1 heterocycles. The van der Waals surface area contributed by atoms with Crippen molar-refractivity contribution >= 4 is 28.8 Å². The molecule has 0 aliphatic carbocycles. The number of rotatable bonds is 9. The summed E-state index contributed by atoms with van der Waals surface area (Å²) < 4.78 is 5.98. The predicted octanol–water partition coefficient (Wildman–Crippen LogP) is 4.85. The monoisotopic (exact) mass is 444 g/mol. The summed E-state index contributed by atoms with van der Waals surface area (Å²) in [5.41, 5.74) is 2.46. The Labute approximate surface area is 185 Å². The standard InChI is InChI=1S/C23H25ClN2O3S/c1-16(2)26(23(28)10-17-6-4-3-5-7-17)12-18-11-19(24)8-9-21(18)29-14-22-25-20(13-27)15-30-22/h3-9,11,15-16,27H,10,12-14H2,1-2H3. The lowest BCUT2D eigenvalue weighted by molar-refractivity contribution is -0.132. The quantitative estimate of drug-likeness (QED) is 0.512. The number of ether oxygens (including phenoxy) is 1. The molecule has 7 heteroatoms. The van der Waals surface area contributed by atoms with Crippen LogP contribution in [0.2, 0.25) is 5.02 Å². The number of thiazole rings is 1. The maximum Gasteiger partial charge on any atom is 0.227 e. The van der Waals surface area contributed by atoms with Crippen molar-refractivity contribution in [3.05, 3.63) is 80.8 Å². The van der Waals surface area contributed by atoms with Crippen molar-refractivity contribution in [1.82, 2.24) is 9.88 Å². The zero-order valence-electron chi connectivity index (χ0n) is 17.0. The number of aliphatic hydroxyl groups is 1. The van der Waals surface area contributed by atoms with Gasteiger partial charge in [-0.15, -0.1) is 11.3 Å². The number of hydrogen-bond acceptors (Lipinski definition) is 5. The first kappa shape index (κ1) is 22.3. The van der Waals surface area contributed by atoms with E-state index in [1.807, 2.05) is 66.6 Å². The van der Waals surface area contributed by atoms with Crippen molar-refractivity contribution in [3.8, 4) is 5.75 Å². The molecule has 5 nitrogen and oxygen atoms in total. The highest BCUT2D eigenvalue weighted by Crippen LogP contribution is 2.27. The van der Waals surface area contributed by atoms with E-state index >= 15 is 0 Å². The van der Waals surface area contributed by atoms with Gasteiger partial charge >= 0.3 is 0 Å². The molecule has 1 aromatic heterocycles. The van der Waals surface area contributed by atoms with E-state index < -0.39 is 0 Å². The number of amides is 1. The molecule has 0 radical (unpaired) electrons. The van der Waals surface area contributed by atoms with Gasteiger partial charge in [0.15, 0.2) is 0 Å². The number of hydrogen-bond donors (Lipinski definition) is 1. The minimum atomic E-state index is -0.0877. The number of aromatic nitrogens is 1. The molecule has 2 aromatic carbocycles. The van der Waals surface area contributed by atoms with Crippen LogP contribution in [-0.4, -0.2) is 26.9 Å². The van der Waals surface area contributed by atoms with E-state index in [1.165, 1.54) is 11.3 Å². The maximum atomic E-state index is 13.0. The summed E-state index contributed by atoms with van der Waals surface area (Å²) in [4.78, 5) is 19.1. The zero-order valence-corrected chi connectivity index (χ0v) is 18.6. The Morgan fingerprint density at radius 3 is 2.67 bits per heavy atom. The molecular weight excluding hydrogens is 420 g/mol. The van der Waals surface area contributed by atoms with Crippen LogP contribution in [0.1, 0.15) is 35.7 Å². The first-order valence-electron chi connectivity index (χ1n) is 9.75. The average molecular weight is 445 g/mol. The fourth-order valence-corrected chi connectivity index (χ4v) is 3.94. The number of benzene rings is 2. The Bertz CT molecular complexity index is 976. The van der Waals surface area contributed by atoms with E-state index in [1.54, 1.807) is 6.07 Å². The normalized spacial score (nSPS) is 11.0. The summed E-state index contributed by atoms with van der Waals surface area (Å²) >= 11 is 7.67. The number of nitrogens with zero attached hydrogens (tertiary/aromatic N) is 2. The summed E-state index contributed by atoms with van der Waals surface area (Å²) in [6.45, 7) is 4.60. The minimum Gasteiger partial charge on any atom is -0.486 e. The van der Waals surface area contributed by atoms with Crippen LogP contribution >= 0.6 is 22.9 Å². The van der Waals surface area contributed by atoms with Crippen LogP contribution in [0.5, 0.6) is 5.75 Å². The third-order valence-corrected chi connectivity index (χ3v) is 5.72. The topological polar surface area (TPSA) is 62.7 Å². The smallest absolute Gasteiger partial charge is 0.227 e. The van der Waals surface area contributed by atoms with Gasteiger partial charge in [-0.05, 0) is 37.6 Å². The second-order valence-corrected chi connectivity index (χ2v) is 8.59. The van der Waals surface area contributed by atoms with Crippen LogP contribution in [0.4, 0.5) is 0 Å². The second-order valence-electron chi connectivity index (χ2n) is 7.21. The van der Waals surface area contributed by atoms with Gasteiger partial charge in [-0.2, -0.15) is 0 Å². The van der Waals surface area contributed by atoms with Gasteiger partial charge in [-0.3, -0.25) is 4.79 Å². The van der Waals surface area contributed by atoms with E-state index in [0.29, 0.717) is 36.0 Å². The first-order valence-corrected chi connectivity index (χ1v) is 11.0. The van der Waals surface area contributed by atoms with Gasteiger partial charge in [0.2, 0.25) is 5.91 Å². The van der Waals surface area contributed by atoms with Crippen molar-refractivity contribution in [2.45, 2.75) is 46.1 Å². The van der Waals surface area contributed by atoms with E-state index in [-0.39, 0.29) is 18.6 Å². The third-order valence-electron chi connectivity index (χ3n) is 4.62. The summed E-state index contributed by atoms with van der Waals surface area (Å²) in [5.74, 6) is 0.716. The zero-order chi connectivity index (χ0) is 21.5. The summed E-state index contributed by atoms with van der Waals surface area (Å²) in [6.07, 6.45) is 0.346. The fraction of sp³-hybridized carbons (Fsp3) is 0.304. The minimum absolute atomic E-state index is 0.0270. The van der Waals surface area contributed by atoms with Gasteiger partial charge in [0.1, 0.15) is 17.4 Å². The average Bonchev–Trinajstić information content (AvgIpc) is 3.20. The lowest BCUT2D eigenvalue weighted by atomic mass is 10.1. The molecule has 0 unspecified atom stereocenters. The van der Waals surface area contributed by atoms with Crippen LogP contribution < -0.4 is 4.74 Å². The Balaban J connectivity index is 1.75. The van der Waals surface area contributed by atoms with Gasteiger partial charge in [0.05, 0.1) is 18.7 Å². The Hall–Kier alpha value is -2.41. The predicted molar refractivity (Wildman–Crippen MR) is 120 cm³/mol. The third kappa shape index (κ3) is 6.05. The molecule has 3 aromatic rings. The van der Waals surface area contributed by atoms with Crippen molar-refractivity contribution in [3.63, 3.8) is 0 Å². The Morgan fingerprint density at radius 1 is 1.23 bits per heavy atom. The largest absolute Gasteiger partial charge is 0.486 e. The van der Waals surface area contributed by atoms with Crippen LogP contribution in [0.25, 0.3) is 0 Å². The molecule has 0 spiro atoms. The van der Waals surface area contributed by atoms with Crippen LogP contribution in [0, 0.1) is 0 Å². The number of carbonyl (C=O) groups excluding carboxylic acids is 1. The van der Waals surface area contributed by atoms with E-state index in [0.717, 1.165) is 16.1 Å². The number of carbonyl (C=O) groups is 1. The lowest BCUT2D eigenvalue weighted by Crippen LogP contribution is -2.37. The molecule has 1 N–H and O–H groups in total. The number of aliphatic hydroxyl groups excluding tert-OH is 1. The molecular formula is C23H25ClN2O3S. The SMILES string of the molecule is CC(C)N(Cc1cc(Cl)ccc1OCc1nc(CO)cs1)C(=O)Cc1ccccc1. The first-order chi connectivity index (χ1) is 14.5. The molecule has 158 valence electrons. The van der Waals surface area contributed by atoms with E-state index in [2.05, 4.69) is 4.98 Å². The molecule has 30 heavy (non-hydrogen) atoms. The maximum absolute atomic E-state index is 13.0. The van der Waals surface area contributed by atoms with Crippen molar-refractivity contribution in [1.29, 1.82) is 0 Å². The van der Waals surface area contributed by atoms with Crippen molar-refractivity contribution in [2.24, 2.45) is 0 Å². The van der Waals surface area contributed by atoms with Gasteiger partial charge in [-0.25, -0.2) is 4.98 Å². The Kier molecular flexibility index (Phi) is 7.85. The number of halogens is 1. The molecule has 0 saturated heterocycles. The highest BCUT2D eigenvalue weighted by molar-refractivity contribution is 7.09. The van der Waals surface area contributed by atoms with Gasteiger partial charge in [-0.1, -0.05) is 41.9 Å². The molecule has 0 atom stereocenters. The van der Waals surface area contributed by atoms with E-state index in [9.17, 15) is 9.90 Å². The summed E-state index contributed by atoms with van der Waals surface area (Å²) in [7, 11) is 0. The molecule has 0 bridgehead atoms. The van der Waals surface area contributed by atoms with Crippen molar-refractivity contribution in [2.75, 3.05) is 0 Å². The van der Waals surface area contributed by atoms with Crippen LogP contribution in [-0.2, 0) is 31.0 Å². The van der Waals surface area contributed by atoms with Gasteiger partial charge < -0.3 is 14.7 Å². The molecule has 0 fully saturated rings. The highest BCUT2D eigenvalue weighted by atomic mass is 35.5. The summed E-state index contributed by atoms with van der Waals surface area (Å²) in [5, 5.41) is 12.4. The molecule has 0 aliphatic rings. The summed E-state index contributed by atoms with van der Waals surface area (Å²) in [6, 6.07) is 15.2. The van der Waals surface area contributed by atoms with Gasteiger partial charge in [0.25, 0.3) is 0 Å². The molecule has 0 aliphatic heterocycles. The van der Waals surface area contributed by atoms with Crippen LogP contribution in [0.3, 0.4) is 0 Å². The molecule has 1 amide bonds. The highest BCUT2D eigenvalue weighted by Gasteiger charge is 2.20. The second kappa shape index (κ2) is 10.6. The molecule has 3 rings (SSSR count). The fourth-order valence-electron chi connectivity index (χ4n) is 3.05. The van der Waals surface area contributed by atoms with Crippen LogP contribution in [0.15, 0.2) is 53.9 Å². The Morgan fingerprint density at radius 2 is 2.00 bits per heavy atom. The van der Waals surface area contributed by atoms with E-state index in [4.69, 9.17) is 16.3 Å². The molecule has 0 saturated carbocycles. The lowest BCUT2D eigenvalue weighted by Gasteiger charge is -2.28. The van der Waals surface area contributed by atoms with Crippen molar-refractivity contribution < 1.29 is 14.6 Å². The van der Waals surface area contributed by atoms with Gasteiger partial charge in [0, 0.05) is 28.6 Å².